The number of nitrogens with zero attached hydrogens (tertiary/aromatic N) is 3. The number of furan rings is 1. The van der Waals surface area contributed by atoms with Crippen LogP contribution in [-0.2, 0) is 19.5 Å². The molecule has 1 aromatic carbocycles. The summed E-state index contributed by atoms with van der Waals surface area (Å²) < 4.78 is 10.9. The van der Waals surface area contributed by atoms with E-state index >= 15 is 0 Å². The number of hydrogen-bond acceptors (Lipinski definition) is 5. The quantitative estimate of drug-likeness (QED) is 0.692. The van der Waals surface area contributed by atoms with Crippen molar-refractivity contribution < 1.29 is 8.94 Å². The topological polar surface area (TPSA) is 55.3 Å². The van der Waals surface area contributed by atoms with Gasteiger partial charge in [-0.15, -0.1) is 0 Å². The second-order valence-electron chi connectivity index (χ2n) is 5.75. The predicted molar refractivity (Wildman–Crippen MR) is 87.7 cm³/mol. The molecule has 0 N–H and O–H groups in total. The predicted octanol–water partition coefficient (Wildman–Crippen LogP) is 3.83. The lowest BCUT2D eigenvalue weighted by atomic mass is 10.1. The van der Waals surface area contributed by atoms with Crippen molar-refractivity contribution in [2.24, 2.45) is 0 Å². The third-order valence-electron chi connectivity index (χ3n) is 3.72. The highest BCUT2D eigenvalue weighted by atomic mass is 16.5. The van der Waals surface area contributed by atoms with Gasteiger partial charge >= 0.3 is 0 Å². The molecule has 0 saturated carbocycles. The van der Waals surface area contributed by atoms with Gasteiger partial charge in [-0.1, -0.05) is 36.3 Å². The van der Waals surface area contributed by atoms with Crippen molar-refractivity contribution in [1.82, 2.24) is 15.0 Å². The zero-order valence-electron chi connectivity index (χ0n) is 13.7. The molecule has 0 unspecified atom stereocenters. The molecular formula is C18H21N3O2. The summed E-state index contributed by atoms with van der Waals surface area (Å²) in [6.45, 7) is 5.37. The van der Waals surface area contributed by atoms with E-state index in [1.165, 1.54) is 5.56 Å². The van der Waals surface area contributed by atoms with Gasteiger partial charge in [0.25, 0.3) is 0 Å². The second kappa shape index (κ2) is 6.79. The standard InChI is InChI=1S/C18H21N3O2/c1-4-14-6-8-15(9-7-14)18-19-17(23-20-18)12-21(3)11-16-10-5-13(2)22-16/h5-10H,4,11-12H2,1-3H3. The van der Waals surface area contributed by atoms with Gasteiger partial charge in [0.05, 0.1) is 13.1 Å². The summed E-state index contributed by atoms with van der Waals surface area (Å²) in [7, 11) is 2.00. The van der Waals surface area contributed by atoms with E-state index in [4.69, 9.17) is 8.94 Å². The minimum atomic E-state index is 0.583. The molecular weight excluding hydrogens is 290 g/mol. The Bertz CT molecular complexity index is 759. The molecule has 0 radical (unpaired) electrons. The molecule has 0 amide bonds. The molecule has 0 aliphatic heterocycles. The molecule has 0 bridgehead atoms. The molecule has 5 nitrogen and oxygen atoms in total. The first-order valence-electron chi connectivity index (χ1n) is 7.80. The van der Waals surface area contributed by atoms with Crippen LogP contribution in [0.15, 0.2) is 45.3 Å². The normalized spacial score (nSPS) is 11.3. The number of aromatic nitrogens is 2. The highest BCUT2D eigenvalue weighted by Gasteiger charge is 2.12. The molecule has 120 valence electrons. The van der Waals surface area contributed by atoms with E-state index < -0.39 is 0 Å². The van der Waals surface area contributed by atoms with Crippen LogP contribution >= 0.6 is 0 Å². The van der Waals surface area contributed by atoms with Crippen molar-refractivity contribution >= 4 is 0 Å². The molecule has 3 rings (SSSR count). The van der Waals surface area contributed by atoms with Crippen LogP contribution in [-0.4, -0.2) is 22.1 Å². The Kier molecular flexibility index (Phi) is 4.57. The van der Waals surface area contributed by atoms with Gasteiger partial charge in [-0.2, -0.15) is 4.98 Å². The van der Waals surface area contributed by atoms with E-state index in [9.17, 15) is 0 Å². The maximum Gasteiger partial charge on any atom is 0.241 e. The lowest BCUT2D eigenvalue weighted by molar-refractivity contribution is 0.243. The number of hydrogen-bond donors (Lipinski definition) is 0. The molecule has 0 fully saturated rings. The molecule has 0 atom stereocenters. The van der Waals surface area contributed by atoms with Crippen LogP contribution in [0.25, 0.3) is 11.4 Å². The highest BCUT2D eigenvalue weighted by molar-refractivity contribution is 5.54. The van der Waals surface area contributed by atoms with Crippen molar-refractivity contribution in [2.75, 3.05) is 7.05 Å². The van der Waals surface area contributed by atoms with Gasteiger partial charge in [0.15, 0.2) is 0 Å². The number of aryl methyl sites for hydroxylation is 2. The molecule has 0 saturated heterocycles. The second-order valence-corrected chi connectivity index (χ2v) is 5.75. The molecule has 5 heteroatoms. The van der Waals surface area contributed by atoms with Gasteiger partial charge in [0.1, 0.15) is 11.5 Å². The first-order chi connectivity index (χ1) is 11.1. The average molecular weight is 311 g/mol. The summed E-state index contributed by atoms with van der Waals surface area (Å²) in [5, 5.41) is 4.07. The summed E-state index contributed by atoms with van der Waals surface area (Å²) in [4.78, 5) is 6.55. The highest BCUT2D eigenvalue weighted by Crippen LogP contribution is 2.18. The van der Waals surface area contributed by atoms with Gasteiger partial charge in [-0.05, 0) is 38.1 Å². The molecule has 23 heavy (non-hydrogen) atoms. The van der Waals surface area contributed by atoms with Crippen LogP contribution in [0, 0.1) is 6.92 Å². The Balaban J connectivity index is 1.64. The van der Waals surface area contributed by atoms with Crippen LogP contribution < -0.4 is 0 Å². The van der Waals surface area contributed by atoms with E-state index in [2.05, 4.69) is 34.1 Å². The fourth-order valence-corrected chi connectivity index (χ4v) is 2.45. The number of benzene rings is 1. The Labute approximate surface area is 135 Å². The Morgan fingerprint density at radius 3 is 2.48 bits per heavy atom. The fourth-order valence-electron chi connectivity index (χ4n) is 2.45. The zero-order chi connectivity index (χ0) is 16.2. The largest absolute Gasteiger partial charge is 0.465 e. The van der Waals surface area contributed by atoms with Gasteiger partial charge in [0, 0.05) is 5.56 Å². The van der Waals surface area contributed by atoms with Crippen LogP contribution in [0.5, 0.6) is 0 Å². The molecule has 3 aromatic rings. The lowest BCUT2D eigenvalue weighted by Crippen LogP contribution is -2.17. The SMILES string of the molecule is CCc1ccc(-c2noc(CN(C)Cc3ccc(C)o3)n2)cc1. The van der Waals surface area contributed by atoms with Crippen LogP contribution in [0.4, 0.5) is 0 Å². The van der Waals surface area contributed by atoms with Gasteiger partial charge in [-0.3, -0.25) is 4.90 Å². The van der Waals surface area contributed by atoms with E-state index in [1.807, 2.05) is 38.2 Å². The third-order valence-corrected chi connectivity index (χ3v) is 3.72. The number of rotatable bonds is 6. The fraction of sp³-hybridized carbons (Fsp3) is 0.333. The summed E-state index contributed by atoms with van der Waals surface area (Å²) in [6, 6.07) is 12.2. The molecule has 0 aliphatic rings. The van der Waals surface area contributed by atoms with Crippen molar-refractivity contribution in [3.63, 3.8) is 0 Å². The lowest BCUT2D eigenvalue weighted by Gasteiger charge is -2.11. The Morgan fingerprint density at radius 2 is 1.83 bits per heavy atom. The van der Waals surface area contributed by atoms with E-state index in [-0.39, 0.29) is 0 Å². The first kappa shape index (κ1) is 15.5. The van der Waals surface area contributed by atoms with Crippen molar-refractivity contribution in [3.05, 3.63) is 59.4 Å². The van der Waals surface area contributed by atoms with Crippen LogP contribution in [0.3, 0.4) is 0 Å². The van der Waals surface area contributed by atoms with Crippen molar-refractivity contribution in [2.45, 2.75) is 33.4 Å². The van der Waals surface area contributed by atoms with Crippen molar-refractivity contribution in [1.29, 1.82) is 0 Å². The molecule has 0 aliphatic carbocycles. The summed E-state index contributed by atoms with van der Waals surface area (Å²) >= 11 is 0. The van der Waals surface area contributed by atoms with Gasteiger partial charge in [0.2, 0.25) is 11.7 Å². The Hall–Kier alpha value is -2.40. The van der Waals surface area contributed by atoms with Crippen molar-refractivity contribution in [3.8, 4) is 11.4 Å². The summed E-state index contributed by atoms with van der Waals surface area (Å²) in [5.41, 5.74) is 2.27. The van der Waals surface area contributed by atoms with Crippen LogP contribution in [0.1, 0.15) is 29.9 Å². The third kappa shape index (κ3) is 3.87. The van der Waals surface area contributed by atoms with Crippen LogP contribution in [0.2, 0.25) is 0 Å². The average Bonchev–Trinajstić information content (AvgIpc) is 3.16. The van der Waals surface area contributed by atoms with Gasteiger partial charge < -0.3 is 8.94 Å². The van der Waals surface area contributed by atoms with E-state index in [0.29, 0.717) is 24.8 Å². The monoisotopic (exact) mass is 311 g/mol. The Morgan fingerprint density at radius 1 is 1.04 bits per heavy atom. The molecule has 0 spiro atoms. The zero-order valence-corrected chi connectivity index (χ0v) is 13.7. The molecule has 2 aromatic heterocycles. The van der Waals surface area contributed by atoms with E-state index in [1.54, 1.807) is 0 Å². The smallest absolute Gasteiger partial charge is 0.241 e. The van der Waals surface area contributed by atoms with E-state index in [0.717, 1.165) is 23.5 Å². The maximum absolute atomic E-state index is 5.58. The summed E-state index contributed by atoms with van der Waals surface area (Å²) in [6.07, 6.45) is 1.02. The minimum absolute atomic E-state index is 0.583. The maximum atomic E-state index is 5.58. The minimum Gasteiger partial charge on any atom is -0.465 e. The summed E-state index contributed by atoms with van der Waals surface area (Å²) in [5.74, 6) is 3.08. The molecule has 2 heterocycles. The van der Waals surface area contributed by atoms with Gasteiger partial charge in [-0.25, -0.2) is 0 Å². The first-order valence-corrected chi connectivity index (χ1v) is 7.80.